The molecule has 0 aromatic heterocycles. The Balaban J connectivity index is 2.66. The van der Waals surface area contributed by atoms with E-state index in [1.807, 2.05) is 13.8 Å². The van der Waals surface area contributed by atoms with Crippen molar-refractivity contribution in [3.8, 4) is 5.75 Å². The maximum absolute atomic E-state index is 12.1. The van der Waals surface area contributed by atoms with E-state index in [1.54, 1.807) is 12.1 Å². The molecule has 0 spiro atoms. The van der Waals surface area contributed by atoms with E-state index >= 15 is 0 Å². The number of aliphatic hydroxyl groups excluding tert-OH is 1. The molecular formula is C14H21F2NO2. The van der Waals surface area contributed by atoms with Crippen molar-refractivity contribution >= 4 is 5.69 Å². The fourth-order valence-corrected chi connectivity index (χ4v) is 1.85. The lowest BCUT2D eigenvalue weighted by Crippen LogP contribution is -2.32. The lowest BCUT2D eigenvalue weighted by Gasteiger charge is -2.30. The molecule has 0 atom stereocenters. The molecule has 1 rings (SSSR count). The summed E-state index contributed by atoms with van der Waals surface area (Å²) in [5, 5.41) is 12.6. The molecule has 0 aliphatic rings. The Kier molecular flexibility index (Phi) is 6.02. The zero-order chi connectivity index (χ0) is 14.3. The van der Waals surface area contributed by atoms with Crippen LogP contribution < -0.4 is 10.1 Å². The van der Waals surface area contributed by atoms with Crippen LogP contribution in [0.25, 0.3) is 0 Å². The smallest absolute Gasteiger partial charge is 0.387 e. The van der Waals surface area contributed by atoms with Gasteiger partial charge in [0.05, 0.1) is 6.61 Å². The molecule has 2 N–H and O–H groups in total. The molecule has 0 heterocycles. The number of halogens is 2. The molecular weight excluding hydrogens is 252 g/mol. The van der Waals surface area contributed by atoms with Crippen LogP contribution in [0.15, 0.2) is 24.3 Å². The van der Waals surface area contributed by atoms with Gasteiger partial charge in [0.1, 0.15) is 5.75 Å². The van der Waals surface area contributed by atoms with Gasteiger partial charge in [-0.25, -0.2) is 0 Å². The molecule has 0 saturated heterocycles. The predicted molar refractivity (Wildman–Crippen MR) is 71.7 cm³/mol. The van der Waals surface area contributed by atoms with E-state index in [9.17, 15) is 13.9 Å². The lowest BCUT2D eigenvalue weighted by atomic mass is 9.83. The molecule has 1 aromatic carbocycles. The first-order valence-electron chi connectivity index (χ1n) is 6.45. The van der Waals surface area contributed by atoms with Crippen molar-refractivity contribution in [3.63, 3.8) is 0 Å². The number of benzene rings is 1. The van der Waals surface area contributed by atoms with Crippen molar-refractivity contribution in [2.75, 3.05) is 18.5 Å². The fraction of sp³-hybridized carbons (Fsp3) is 0.571. The van der Waals surface area contributed by atoms with Crippen LogP contribution in [0.3, 0.4) is 0 Å². The summed E-state index contributed by atoms with van der Waals surface area (Å²) in [7, 11) is 0. The van der Waals surface area contributed by atoms with E-state index in [4.69, 9.17) is 0 Å². The summed E-state index contributed by atoms with van der Waals surface area (Å²) in [5.74, 6) is 0.127. The number of aliphatic hydroxyl groups is 1. The van der Waals surface area contributed by atoms with Gasteiger partial charge in [0.25, 0.3) is 0 Å². The molecule has 0 aliphatic carbocycles. The summed E-state index contributed by atoms with van der Waals surface area (Å²) in [4.78, 5) is 0. The number of rotatable bonds is 8. The minimum Gasteiger partial charge on any atom is -0.435 e. The highest BCUT2D eigenvalue weighted by Crippen LogP contribution is 2.27. The molecule has 0 radical (unpaired) electrons. The summed E-state index contributed by atoms with van der Waals surface area (Å²) in [5.41, 5.74) is 0.525. The highest BCUT2D eigenvalue weighted by atomic mass is 19.3. The van der Waals surface area contributed by atoms with Gasteiger partial charge >= 0.3 is 6.61 Å². The summed E-state index contributed by atoms with van der Waals surface area (Å²) in [6.45, 7) is 1.92. The molecule has 0 fully saturated rings. The van der Waals surface area contributed by atoms with E-state index < -0.39 is 6.61 Å². The van der Waals surface area contributed by atoms with E-state index in [0.717, 1.165) is 12.8 Å². The molecule has 0 unspecified atom stereocenters. The molecule has 0 bridgehead atoms. The number of alkyl halides is 2. The maximum Gasteiger partial charge on any atom is 0.387 e. The minimum atomic E-state index is -2.82. The van der Waals surface area contributed by atoms with Gasteiger partial charge < -0.3 is 15.2 Å². The second kappa shape index (κ2) is 7.28. The van der Waals surface area contributed by atoms with Crippen LogP contribution in [0.2, 0.25) is 0 Å². The monoisotopic (exact) mass is 273 g/mol. The average Bonchev–Trinajstić information content (AvgIpc) is 2.41. The summed E-state index contributed by atoms with van der Waals surface area (Å²) in [6.07, 6.45) is 1.69. The third-order valence-corrected chi connectivity index (χ3v) is 3.56. The number of hydrogen-bond donors (Lipinski definition) is 2. The second-order valence-corrected chi connectivity index (χ2v) is 4.63. The Morgan fingerprint density at radius 3 is 2.53 bits per heavy atom. The van der Waals surface area contributed by atoms with Gasteiger partial charge in [0.15, 0.2) is 0 Å². The molecule has 19 heavy (non-hydrogen) atoms. The van der Waals surface area contributed by atoms with Gasteiger partial charge in [0.2, 0.25) is 0 Å². The van der Waals surface area contributed by atoms with Gasteiger partial charge in [0, 0.05) is 23.7 Å². The third kappa shape index (κ3) is 4.67. The lowest BCUT2D eigenvalue weighted by molar-refractivity contribution is -0.0498. The molecule has 1 aromatic rings. The second-order valence-electron chi connectivity index (χ2n) is 4.63. The van der Waals surface area contributed by atoms with E-state index in [-0.39, 0.29) is 17.8 Å². The van der Waals surface area contributed by atoms with Crippen LogP contribution >= 0.6 is 0 Å². The number of anilines is 1. The van der Waals surface area contributed by atoms with E-state index in [2.05, 4.69) is 10.1 Å². The fourth-order valence-electron chi connectivity index (χ4n) is 1.85. The van der Waals surface area contributed by atoms with Crippen LogP contribution in [0, 0.1) is 5.41 Å². The highest BCUT2D eigenvalue weighted by Gasteiger charge is 2.24. The van der Waals surface area contributed by atoms with E-state index in [1.165, 1.54) is 12.1 Å². The third-order valence-electron chi connectivity index (χ3n) is 3.56. The normalized spacial score (nSPS) is 11.7. The average molecular weight is 273 g/mol. The largest absolute Gasteiger partial charge is 0.435 e. The molecule has 3 nitrogen and oxygen atoms in total. The summed E-state index contributed by atoms with van der Waals surface area (Å²) in [6, 6.07) is 6.44. The summed E-state index contributed by atoms with van der Waals surface area (Å²) >= 11 is 0. The first-order valence-corrected chi connectivity index (χ1v) is 6.45. The topological polar surface area (TPSA) is 41.5 Å². The highest BCUT2D eigenvalue weighted by molar-refractivity contribution is 5.48. The minimum absolute atomic E-state index is 0.0974. The predicted octanol–water partition coefficient (Wildman–Crippen LogP) is 3.50. The number of ether oxygens (including phenoxy) is 1. The van der Waals surface area contributed by atoms with Gasteiger partial charge in [-0.3, -0.25) is 0 Å². The van der Waals surface area contributed by atoms with Gasteiger partial charge in [-0.05, 0) is 25.0 Å². The number of hydrogen-bond acceptors (Lipinski definition) is 3. The first-order chi connectivity index (χ1) is 9.05. The van der Waals surface area contributed by atoms with Crippen molar-refractivity contribution in [3.05, 3.63) is 24.3 Å². The maximum atomic E-state index is 12.1. The van der Waals surface area contributed by atoms with Crippen molar-refractivity contribution in [1.29, 1.82) is 0 Å². The Hall–Kier alpha value is -1.36. The van der Waals surface area contributed by atoms with Crippen molar-refractivity contribution < 1.29 is 18.6 Å². The van der Waals surface area contributed by atoms with Gasteiger partial charge in [-0.2, -0.15) is 8.78 Å². The zero-order valence-corrected chi connectivity index (χ0v) is 11.3. The van der Waals surface area contributed by atoms with Crippen molar-refractivity contribution in [2.45, 2.75) is 33.3 Å². The van der Waals surface area contributed by atoms with E-state index in [0.29, 0.717) is 12.2 Å². The Morgan fingerprint density at radius 1 is 1.32 bits per heavy atom. The van der Waals surface area contributed by atoms with Crippen LogP contribution in [0.1, 0.15) is 26.7 Å². The van der Waals surface area contributed by atoms with Crippen LogP contribution in [-0.4, -0.2) is 24.9 Å². The molecule has 0 saturated carbocycles. The molecule has 0 amide bonds. The van der Waals surface area contributed by atoms with Crippen LogP contribution in [0.5, 0.6) is 5.75 Å². The Morgan fingerprint density at radius 2 is 2.00 bits per heavy atom. The standard InChI is InChI=1S/C14H21F2NO2/c1-3-14(4-2,10-18)9-17-11-6-5-7-12(8-11)19-13(15)16/h5-8,13,17-18H,3-4,9-10H2,1-2H3. The quantitative estimate of drug-likeness (QED) is 0.761. The number of nitrogens with one attached hydrogen (secondary N) is 1. The summed E-state index contributed by atoms with van der Waals surface area (Å²) < 4.78 is 28.6. The Labute approximate surface area is 112 Å². The van der Waals surface area contributed by atoms with Crippen molar-refractivity contribution in [1.82, 2.24) is 0 Å². The SMILES string of the molecule is CCC(CC)(CO)CNc1cccc(OC(F)F)c1. The Bertz CT molecular complexity index is 373. The molecule has 108 valence electrons. The van der Waals surface area contributed by atoms with Crippen LogP contribution in [-0.2, 0) is 0 Å². The molecule has 0 aliphatic heterocycles. The zero-order valence-electron chi connectivity index (χ0n) is 11.3. The first kappa shape index (κ1) is 15.7. The van der Waals surface area contributed by atoms with Crippen LogP contribution in [0.4, 0.5) is 14.5 Å². The molecule has 5 heteroatoms. The van der Waals surface area contributed by atoms with Gasteiger partial charge in [-0.1, -0.05) is 19.9 Å². The van der Waals surface area contributed by atoms with Gasteiger partial charge in [-0.15, -0.1) is 0 Å². The van der Waals surface area contributed by atoms with Crippen molar-refractivity contribution in [2.24, 2.45) is 5.41 Å².